The zero-order valence-electron chi connectivity index (χ0n) is 28.9. The topological polar surface area (TPSA) is 102 Å². The first-order valence-corrected chi connectivity index (χ1v) is 18.0. The Balaban J connectivity index is 0.00000541. The van der Waals surface area contributed by atoms with E-state index in [0.29, 0.717) is 13.1 Å². The molecule has 0 amide bonds. The molecule has 0 N–H and O–H groups in total. The number of nitrogens with zero attached hydrogens (tertiary/aromatic N) is 8. The van der Waals surface area contributed by atoms with Gasteiger partial charge in [-0.05, 0) is 123 Å². The molecule has 3 aliphatic heterocycles. The van der Waals surface area contributed by atoms with E-state index in [-0.39, 0.29) is 85.6 Å². The second-order valence-electron chi connectivity index (χ2n) is 13.2. The Bertz CT molecular complexity index is 1500. The van der Waals surface area contributed by atoms with Gasteiger partial charge in [-0.1, -0.05) is 87.0 Å². The molecular weight excluding hydrogens is 785 g/mol. The zero-order valence-corrected chi connectivity index (χ0v) is 33.0. The first kappa shape index (κ1) is 40.0. The predicted octanol–water partition coefficient (Wildman–Crippen LogP) is 9.12. The van der Waals surface area contributed by atoms with Gasteiger partial charge in [-0.2, -0.15) is 9.98 Å². The minimum atomic E-state index is 0. The van der Waals surface area contributed by atoms with Crippen LogP contribution in [0, 0.1) is 49.4 Å². The van der Waals surface area contributed by atoms with E-state index in [9.17, 15) is 0 Å². The molecule has 2 fully saturated rings. The average Bonchev–Trinajstić information content (AvgIpc) is 3.10. The Morgan fingerprint density at radius 1 is 0.592 bits per heavy atom. The van der Waals surface area contributed by atoms with Crippen LogP contribution in [0.1, 0.15) is 77.3 Å². The Kier molecular flexibility index (Phi) is 16.6. The number of fused-ring (bicyclic) bond motifs is 4. The summed E-state index contributed by atoms with van der Waals surface area (Å²) >= 11 is 9.55. The molecule has 0 aliphatic carbocycles. The number of rotatable bonds is 6. The molecule has 2 saturated heterocycles. The number of hydrogen-bond acceptors (Lipinski definition) is 8. The van der Waals surface area contributed by atoms with E-state index in [1.807, 2.05) is 24.3 Å². The van der Waals surface area contributed by atoms with Crippen molar-refractivity contribution in [2.45, 2.75) is 115 Å². The summed E-state index contributed by atoms with van der Waals surface area (Å²) in [7, 11) is 0. The van der Waals surface area contributed by atoms with E-state index in [0.717, 1.165) is 85.6 Å². The third-order valence-corrected chi connectivity index (χ3v) is 9.78. The Labute approximate surface area is 343 Å². The number of isothiocyanates is 2. The molecule has 8 nitrogen and oxygen atoms in total. The van der Waals surface area contributed by atoms with Crippen LogP contribution in [0.2, 0.25) is 0 Å². The van der Waals surface area contributed by atoms with E-state index in [1.54, 1.807) is 0 Å². The predicted molar refractivity (Wildman–Crippen MR) is 209 cm³/mol. The van der Waals surface area contributed by atoms with Crippen molar-refractivity contribution in [1.82, 2.24) is 0 Å². The van der Waals surface area contributed by atoms with Crippen LogP contribution in [0.15, 0.2) is 78.5 Å². The van der Waals surface area contributed by atoms with Gasteiger partial charge in [0.2, 0.25) is 0 Å². The normalized spacial score (nSPS) is 26.4. The van der Waals surface area contributed by atoms with E-state index in [1.165, 1.54) is 11.1 Å². The summed E-state index contributed by atoms with van der Waals surface area (Å²) in [5, 5.41) is 15.5. The minimum Gasteiger partial charge on any atom is -0.647 e. The Morgan fingerprint density at radius 2 is 0.939 bits per heavy atom. The van der Waals surface area contributed by atoms with Crippen molar-refractivity contribution in [1.29, 1.82) is 0 Å². The summed E-state index contributed by atoms with van der Waals surface area (Å²) in [5.41, 5.74) is 8.32. The van der Waals surface area contributed by atoms with Crippen LogP contribution < -0.4 is 0 Å². The van der Waals surface area contributed by atoms with Crippen molar-refractivity contribution in [2.24, 2.45) is 30.0 Å². The number of piperidine rings is 2. The minimum absolute atomic E-state index is 0. The Morgan fingerprint density at radius 3 is 1.29 bits per heavy atom. The average molecular weight is 831 g/mol. The van der Waals surface area contributed by atoms with Crippen LogP contribution in [0.4, 0.5) is 11.4 Å². The van der Waals surface area contributed by atoms with Gasteiger partial charge in [0, 0.05) is 0 Å². The molecule has 2 aromatic carbocycles. The largest absolute Gasteiger partial charge is 2.00 e. The van der Waals surface area contributed by atoms with Gasteiger partial charge in [0.25, 0.3) is 0 Å². The first-order valence-electron chi connectivity index (χ1n) is 17.1. The fourth-order valence-electron chi connectivity index (χ4n) is 6.83. The third-order valence-electron chi connectivity index (χ3n) is 9.60. The maximum Gasteiger partial charge on any atom is 2.00 e. The molecule has 4 bridgehead atoms. The monoisotopic (exact) mass is 831 g/mol. The SMILES string of the molecule is CC1=NC[C@@H](Cc2ccc(N=C=S)cc2)N=C(C)C2CCCC([N-]2)C(C)=NC[C@H](Cc2ccc(N=C=S)cc2)N=C(C)C2CCCC1[N-]2.[Eu+2]. The van der Waals surface area contributed by atoms with Crippen molar-refractivity contribution >= 4 is 69.0 Å². The van der Waals surface area contributed by atoms with Gasteiger partial charge < -0.3 is 10.6 Å². The zero-order chi connectivity index (χ0) is 33.9. The molecule has 0 spiro atoms. The Hall–Kier alpha value is -1.78. The molecule has 5 rings (SSSR count). The summed E-state index contributed by atoms with van der Waals surface area (Å²) < 4.78 is 0. The second-order valence-corrected chi connectivity index (χ2v) is 13.5. The molecule has 2 aromatic rings. The summed E-state index contributed by atoms with van der Waals surface area (Å²) in [6.07, 6.45) is 7.82. The molecule has 0 aromatic heterocycles. The van der Waals surface area contributed by atoms with Crippen LogP contribution in [0.3, 0.4) is 0 Å². The van der Waals surface area contributed by atoms with Crippen LogP contribution in [-0.4, -0.2) is 82.5 Å². The fourth-order valence-corrected chi connectivity index (χ4v) is 7.04. The summed E-state index contributed by atoms with van der Waals surface area (Å²) in [4.78, 5) is 29.1. The molecule has 3 heterocycles. The third kappa shape index (κ3) is 12.2. The van der Waals surface area contributed by atoms with Crippen molar-refractivity contribution in [2.75, 3.05) is 13.1 Å². The van der Waals surface area contributed by atoms with Gasteiger partial charge in [0.15, 0.2) is 0 Å². The van der Waals surface area contributed by atoms with Crippen LogP contribution in [0.25, 0.3) is 10.6 Å². The van der Waals surface area contributed by atoms with E-state index in [4.69, 9.17) is 55.0 Å². The number of thiocarbonyl (C=S) groups is 2. The number of benzene rings is 2. The van der Waals surface area contributed by atoms with Gasteiger partial charge in [-0.3, -0.25) is 20.0 Å². The quantitative estimate of drug-likeness (QED) is 0.214. The fraction of sp³-hybridized carbons (Fsp3) is 0.526. The van der Waals surface area contributed by atoms with Crippen LogP contribution in [-0.2, 0) is 12.8 Å². The molecule has 0 saturated carbocycles. The molecule has 6 atom stereocenters. The first-order chi connectivity index (χ1) is 23.3. The van der Waals surface area contributed by atoms with Crippen molar-refractivity contribution in [3.05, 3.63) is 70.3 Å². The summed E-state index contributed by atoms with van der Waals surface area (Å²) in [6.45, 7) is 9.76. The molecule has 1 radical (unpaired) electrons. The van der Waals surface area contributed by atoms with Crippen molar-refractivity contribution in [3.63, 3.8) is 0 Å². The van der Waals surface area contributed by atoms with Gasteiger partial charge >= 0.3 is 49.4 Å². The molecule has 3 aliphatic rings. The molecule has 4 unspecified atom stereocenters. The van der Waals surface area contributed by atoms with E-state index in [2.05, 4.69) is 72.3 Å². The maximum absolute atomic E-state index is 5.30. The van der Waals surface area contributed by atoms with Gasteiger partial charge in [-0.25, -0.2) is 0 Å². The van der Waals surface area contributed by atoms with Gasteiger partial charge in [-0.15, -0.1) is 0 Å². The van der Waals surface area contributed by atoms with Crippen LogP contribution >= 0.6 is 24.4 Å². The van der Waals surface area contributed by atoms with Crippen LogP contribution in [0.5, 0.6) is 0 Å². The standard InChI is InChI=1S/C38H46N8S2.Eu/c1-25-35-7-5-9-37(45-35)27(3)44-34(20-30-13-17-32(18-14-30)42-24-48)22-40-26(2)36-8-6-10-38(46-36)28(4)43-33(21-39-25)19-29-11-15-31(16-12-29)41-23-47;/h11-18,33-38H,5-10,19-22H2,1-4H3;/q-2;+2/t33-,34+,35?,36?,37?,38?;. The molecule has 49 heavy (non-hydrogen) atoms. The smallest absolute Gasteiger partial charge is 0.647 e. The van der Waals surface area contributed by atoms with Crippen molar-refractivity contribution in [3.8, 4) is 0 Å². The van der Waals surface area contributed by atoms with Crippen molar-refractivity contribution < 1.29 is 49.4 Å². The molecule has 257 valence electrons. The second kappa shape index (κ2) is 20.3. The van der Waals surface area contributed by atoms with Gasteiger partial charge in [0.05, 0.1) is 46.9 Å². The number of hydrogen-bond donors (Lipinski definition) is 0. The molecule has 11 heteroatoms. The summed E-state index contributed by atoms with van der Waals surface area (Å²) in [6, 6.07) is 16.7. The van der Waals surface area contributed by atoms with E-state index < -0.39 is 0 Å². The number of aliphatic imine (C=N–C) groups is 6. The van der Waals surface area contributed by atoms with E-state index >= 15 is 0 Å². The van der Waals surface area contributed by atoms with Gasteiger partial charge in [0.1, 0.15) is 0 Å². The maximum atomic E-state index is 5.30. The summed E-state index contributed by atoms with van der Waals surface area (Å²) in [5.74, 6) is 0. The molecular formula is C38H46EuN8S2.